The Kier molecular flexibility index (Phi) is 17.9. The van der Waals surface area contributed by atoms with Crippen LogP contribution in [0.25, 0.3) is 33.5 Å². The predicted molar refractivity (Wildman–Crippen MR) is 243 cm³/mol. The minimum absolute atomic E-state index is 0. The molecule has 6 N–H and O–H groups in total. The van der Waals surface area contributed by atoms with Gasteiger partial charge in [-0.15, -0.1) is 20.4 Å². The average Bonchev–Trinajstić information content (AvgIpc) is 3.78. The van der Waals surface area contributed by atoms with Crippen LogP contribution in [0, 0.1) is 11.3 Å². The number of benzene rings is 1. The van der Waals surface area contributed by atoms with Crippen molar-refractivity contribution in [3.63, 3.8) is 0 Å². The number of nitrogens with two attached hydrogens (primary N) is 2. The van der Waals surface area contributed by atoms with E-state index in [-0.39, 0.29) is 25.1 Å². The summed E-state index contributed by atoms with van der Waals surface area (Å²) in [6.07, 6.45) is 15.8. The number of aromatic nitrogens is 6. The largest absolute Gasteiger partial charge is 0.507 e. The topological polar surface area (TPSA) is 198 Å². The van der Waals surface area contributed by atoms with Crippen molar-refractivity contribution in [2.45, 2.75) is 112 Å². The minimum atomic E-state index is 0. The van der Waals surface area contributed by atoms with Gasteiger partial charge < -0.3 is 36.5 Å². The van der Waals surface area contributed by atoms with Crippen LogP contribution in [0.15, 0.2) is 61.4 Å². The smallest absolute Gasteiger partial charge is 0.308 e. The Morgan fingerprint density at radius 1 is 0.883 bits per heavy atom. The van der Waals surface area contributed by atoms with E-state index in [1.54, 1.807) is 18.2 Å². The number of phenols is 1. The van der Waals surface area contributed by atoms with Crippen LogP contribution in [-0.4, -0.2) is 102 Å². The molecule has 2 saturated heterocycles. The normalized spacial score (nSPS) is 19.1. The second kappa shape index (κ2) is 22.8. The molecule has 1 aromatic carbocycles. The van der Waals surface area contributed by atoms with Gasteiger partial charge in [0.1, 0.15) is 5.75 Å². The molecule has 2 aliphatic heterocycles. The van der Waals surface area contributed by atoms with Crippen molar-refractivity contribution in [1.82, 2.24) is 40.0 Å². The Bertz CT molecular complexity index is 2040. The molecule has 14 heteroatoms. The standard InChI is InChI=1S/C32H43N7O3.C11H14N4.C2H6.CH4/c1-2-42-32(41)22-7-9-24(10-8-22)37-15-11-25(12-16-37)38-17-13-26(14-18-38)39-21-23(20-34-39)28-19-29(35-36-31(28)33)27-5-3-4-6-30(27)40;1-4-7(2)10-5-9(8(3)6-12)11(13)15-14-10;1-2;/h3-6,19-22,24-26,40H,2,7-18H2,1H3,(H2,33,36);4-6,12H,3H2,1-2H3,(H2,13,15);1-2H3;1H4/b;7-4+,12-6?;;. The molecule has 0 amide bonds. The SMILES string of the molecule is C.C=C(C=N)c1cc(/C(C)=C/C)nnc1N.CC.CCOC(=O)C1CCC(N2CCC(N3CCC(n4cc(-c5cc(-c6ccccc6O)nnc5N)cn4)CC3)CC2)CC1. The summed E-state index contributed by atoms with van der Waals surface area (Å²) < 4.78 is 7.33. The molecule has 0 unspecified atom stereocenters. The first kappa shape index (κ1) is 47.2. The minimum Gasteiger partial charge on any atom is -0.507 e. The van der Waals surface area contributed by atoms with Crippen LogP contribution in [-0.2, 0) is 9.53 Å². The fraction of sp³-hybridized carbons (Fsp3) is 0.500. The molecule has 5 heterocycles. The third kappa shape index (κ3) is 11.6. The van der Waals surface area contributed by atoms with Crippen LogP contribution in [0.1, 0.15) is 111 Å². The Balaban J connectivity index is 0.000000373. The van der Waals surface area contributed by atoms with Crippen molar-refractivity contribution in [3.8, 4) is 28.1 Å². The van der Waals surface area contributed by atoms with E-state index in [9.17, 15) is 9.90 Å². The molecule has 60 heavy (non-hydrogen) atoms. The van der Waals surface area contributed by atoms with Gasteiger partial charge in [-0.05, 0) is 121 Å². The van der Waals surface area contributed by atoms with Gasteiger partial charge in [0.05, 0.1) is 36.2 Å². The van der Waals surface area contributed by atoms with E-state index in [0.717, 1.165) is 93.3 Å². The van der Waals surface area contributed by atoms with Gasteiger partial charge in [-0.1, -0.05) is 46.1 Å². The number of carbonyl (C=O) groups is 1. The number of ether oxygens (including phenoxy) is 1. The first-order valence-corrected chi connectivity index (χ1v) is 21.2. The van der Waals surface area contributed by atoms with Crippen molar-refractivity contribution >= 4 is 35.0 Å². The maximum absolute atomic E-state index is 12.1. The summed E-state index contributed by atoms with van der Waals surface area (Å²) in [6.45, 7) is 18.5. The quantitative estimate of drug-likeness (QED) is 0.0883. The summed E-state index contributed by atoms with van der Waals surface area (Å²) in [7, 11) is 0. The first-order chi connectivity index (χ1) is 28.6. The molecule has 3 fully saturated rings. The Labute approximate surface area is 356 Å². The van der Waals surface area contributed by atoms with Gasteiger partial charge in [-0.3, -0.25) is 9.48 Å². The summed E-state index contributed by atoms with van der Waals surface area (Å²) in [4.78, 5) is 17.5. The van der Waals surface area contributed by atoms with Crippen molar-refractivity contribution < 1.29 is 14.6 Å². The van der Waals surface area contributed by atoms with E-state index in [1.807, 2.05) is 65.1 Å². The second-order valence-corrected chi connectivity index (χ2v) is 15.2. The number of rotatable bonds is 10. The lowest BCUT2D eigenvalue weighted by atomic mass is 9.84. The highest BCUT2D eigenvalue weighted by atomic mass is 16.5. The molecule has 1 aliphatic carbocycles. The lowest BCUT2D eigenvalue weighted by Gasteiger charge is -2.44. The number of nitrogens with zero attached hydrogens (tertiary/aromatic N) is 8. The molecule has 1 saturated carbocycles. The molecule has 0 spiro atoms. The highest BCUT2D eigenvalue weighted by molar-refractivity contribution is 6.09. The monoisotopic (exact) mass is 822 g/mol. The number of hydrogen-bond acceptors (Lipinski definition) is 13. The van der Waals surface area contributed by atoms with E-state index < -0.39 is 0 Å². The highest BCUT2D eigenvalue weighted by Crippen LogP contribution is 2.35. The molecule has 14 nitrogen and oxygen atoms in total. The first-order valence-electron chi connectivity index (χ1n) is 21.2. The molecule has 0 radical (unpaired) electrons. The van der Waals surface area contributed by atoms with Gasteiger partial charge in [0.15, 0.2) is 11.6 Å². The number of para-hydroxylation sites is 1. The number of phenolic OH excluding ortho intramolecular Hbond substituents is 1. The fourth-order valence-electron chi connectivity index (χ4n) is 8.28. The number of hydrogen-bond donors (Lipinski definition) is 4. The van der Waals surface area contributed by atoms with Crippen molar-refractivity contribution in [2.75, 3.05) is 44.3 Å². The number of aromatic hydroxyl groups is 1. The van der Waals surface area contributed by atoms with Gasteiger partial charge in [-0.25, -0.2) is 0 Å². The number of nitrogen functional groups attached to an aromatic ring is 2. The molecule has 324 valence electrons. The lowest BCUT2D eigenvalue weighted by molar-refractivity contribution is -0.149. The molecule has 3 aliphatic rings. The highest BCUT2D eigenvalue weighted by Gasteiger charge is 2.34. The van der Waals surface area contributed by atoms with E-state index >= 15 is 0 Å². The maximum Gasteiger partial charge on any atom is 0.308 e. The van der Waals surface area contributed by atoms with Gasteiger partial charge in [-0.2, -0.15) is 5.10 Å². The van der Waals surface area contributed by atoms with Crippen LogP contribution < -0.4 is 11.5 Å². The molecular formula is C46H67N11O3. The van der Waals surface area contributed by atoms with Crippen LogP contribution in [0.4, 0.5) is 11.6 Å². The van der Waals surface area contributed by atoms with Crippen molar-refractivity contribution in [1.29, 1.82) is 5.41 Å². The van der Waals surface area contributed by atoms with E-state index in [0.29, 0.717) is 58.8 Å². The van der Waals surface area contributed by atoms with Crippen LogP contribution in [0.5, 0.6) is 5.75 Å². The Morgan fingerprint density at radius 2 is 1.48 bits per heavy atom. The number of carbonyl (C=O) groups excluding carboxylic acids is 1. The number of nitrogens with one attached hydrogen (secondary N) is 1. The van der Waals surface area contributed by atoms with Crippen LogP contribution in [0.3, 0.4) is 0 Å². The molecular weight excluding hydrogens is 755 g/mol. The summed E-state index contributed by atoms with van der Waals surface area (Å²) in [6, 6.07) is 12.4. The van der Waals surface area contributed by atoms with Crippen molar-refractivity contribution in [3.05, 3.63) is 72.7 Å². The number of likely N-dealkylation sites (tertiary alicyclic amines) is 2. The van der Waals surface area contributed by atoms with Gasteiger partial charge in [0.25, 0.3) is 0 Å². The average molecular weight is 822 g/mol. The van der Waals surface area contributed by atoms with Crippen LogP contribution >= 0.6 is 0 Å². The zero-order valence-electron chi connectivity index (χ0n) is 35.5. The molecule has 7 rings (SSSR count). The van der Waals surface area contributed by atoms with Gasteiger partial charge in [0.2, 0.25) is 0 Å². The number of esters is 1. The van der Waals surface area contributed by atoms with E-state index in [4.69, 9.17) is 26.7 Å². The van der Waals surface area contributed by atoms with Gasteiger partial charge >= 0.3 is 5.97 Å². The Hall–Kier alpha value is -5.47. The number of anilines is 2. The fourth-order valence-corrected chi connectivity index (χ4v) is 8.28. The van der Waals surface area contributed by atoms with E-state index in [1.165, 1.54) is 12.8 Å². The lowest BCUT2D eigenvalue weighted by Crippen LogP contribution is -2.50. The molecule has 0 bridgehead atoms. The number of allylic oxidation sites excluding steroid dienone is 3. The second-order valence-electron chi connectivity index (χ2n) is 15.2. The summed E-state index contributed by atoms with van der Waals surface area (Å²) in [5.74, 6) is 0.916. The third-order valence-corrected chi connectivity index (χ3v) is 11.8. The summed E-state index contributed by atoms with van der Waals surface area (Å²) in [5.41, 5.74) is 17.7. The number of piperidine rings is 2. The van der Waals surface area contributed by atoms with E-state index in [2.05, 4.69) is 47.7 Å². The van der Waals surface area contributed by atoms with Crippen LogP contribution in [0.2, 0.25) is 0 Å². The van der Waals surface area contributed by atoms with Crippen molar-refractivity contribution in [2.24, 2.45) is 5.92 Å². The summed E-state index contributed by atoms with van der Waals surface area (Å²) >= 11 is 0. The zero-order chi connectivity index (χ0) is 42.5. The third-order valence-electron chi connectivity index (χ3n) is 11.8. The molecule has 4 aromatic rings. The summed E-state index contributed by atoms with van der Waals surface area (Å²) in [5, 5.41) is 38.3. The Morgan fingerprint density at radius 3 is 2.08 bits per heavy atom. The zero-order valence-corrected chi connectivity index (χ0v) is 35.5. The maximum atomic E-state index is 12.1. The predicted octanol–water partition coefficient (Wildman–Crippen LogP) is 8.33. The molecule has 0 atom stereocenters. The van der Waals surface area contributed by atoms with Gasteiger partial charge in [0, 0.05) is 59.8 Å². The molecule has 3 aromatic heterocycles.